The standard InChI is InChI=1S/C25H23F3N6O2/c26-17-8-16(9-18(27)24(17)28)31-25(36)33-12-22-20(10-30-34(22)13-21(33)14-4-5-14)32-11-15(7-23(32)35)19-3-1-2-6-29-19/h1-3,6,8-10,14-15,21H,4-5,7,11-13H2,(H,31,36). The highest BCUT2D eigenvalue weighted by Crippen LogP contribution is 2.41. The Balaban J connectivity index is 1.26. The van der Waals surface area contributed by atoms with Crippen molar-refractivity contribution < 1.29 is 22.8 Å². The van der Waals surface area contributed by atoms with E-state index in [0.717, 1.165) is 30.7 Å². The number of carbonyl (C=O) groups excluding carboxylic acids is 2. The van der Waals surface area contributed by atoms with Crippen LogP contribution in [0.25, 0.3) is 0 Å². The molecule has 3 amide bonds. The zero-order valence-electron chi connectivity index (χ0n) is 19.2. The fourth-order valence-electron chi connectivity index (χ4n) is 5.19. The van der Waals surface area contributed by atoms with E-state index in [-0.39, 0.29) is 30.1 Å². The first-order chi connectivity index (χ1) is 17.4. The van der Waals surface area contributed by atoms with Gasteiger partial charge < -0.3 is 15.1 Å². The van der Waals surface area contributed by atoms with Gasteiger partial charge in [0.05, 0.1) is 36.7 Å². The van der Waals surface area contributed by atoms with Crippen LogP contribution in [-0.2, 0) is 17.9 Å². The van der Waals surface area contributed by atoms with Crippen LogP contribution in [0.15, 0.2) is 42.7 Å². The van der Waals surface area contributed by atoms with Gasteiger partial charge in [0.2, 0.25) is 5.91 Å². The predicted octanol–water partition coefficient (Wildman–Crippen LogP) is 4.04. The van der Waals surface area contributed by atoms with Crippen LogP contribution in [0.4, 0.5) is 29.3 Å². The topological polar surface area (TPSA) is 83.4 Å². The summed E-state index contributed by atoms with van der Waals surface area (Å²) in [5, 5.41) is 7.02. The van der Waals surface area contributed by atoms with Gasteiger partial charge >= 0.3 is 6.03 Å². The maximum absolute atomic E-state index is 13.7. The fourth-order valence-corrected chi connectivity index (χ4v) is 5.19. The van der Waals surface area contributed by atoms with E-state index < -0.39 is 23.5 Å². The van der Waals surface area contributed by atoms with Crippen molar-refractivity contribution in [3.05, 3.63) is 71.6 Å². The summed E-state index contributed by atoms with van der Waals surface area (Å²) in [5.41, 5.74) is 2.04. The Labute approximate surface area is 204 Å². The molecule has 3 aromatic rings. The van der Waals surface area contributed by atoms with Crippen LogP contribution in [-0.4, -0.2) is 44.2 Å². The molecule has 2 atom stereocenters. The van der Waals surface area contributed by atoms with Crippen LogP contribution >= 0.6 is 0 Å². The number of hydrogen-bond acceptors (Lipinski definition) is 4. The molecule has 0 bridgehead atoms. The molecule has 0 spiro atoms. The van der Waals surface area contributed by atoms with Gasteiger partial charge in [0.15, 0.2) is 17.5 Å². The van der Waals surface area contributed by atoms with Gasteiger partial charge in [-0.3, -0.25) is 14.5 Å². The van der Waals surface area contributed by atoms with Crippen molar-refractivity contribution in [3.8, 4) is 0 Å². The average Bonchev–Trinajstić information content (AvgIpc) is 3.53. The number of aromatic nitrogens is 3. The van der Waals surface area contributed by atoms with Gasteiger partial charge in [-0.2, -0.15) is 5.10 Å². The summed E-state index contributed by atoms with van der Waals surface area (Å²) >= 11 is 0. The summed E-state index contributed by atoms with van der Waals surface area (Å²) in [6.45, 7) is 1.08. The van der Waals surface area contributed by atoms with Crippen molar-refractivity contribution in [1.82, 2.24) is 19.7 Å². The first-order valence-electron chi connectivity index (χ1n) is 11.9. The lowest BCUT2D eigenvalue weighted by Gasteiger charge is -2.37. The Hall–Kier alpha value is -3.89. The van der Waals surface area contributed by atoms with Crippen molar-refractivity contribution >= 4 is 23.3 Å². The number of hydrogen-bond donors (Lipinski definition) is 1. The van der Waals surface area contributed by atoms with Crippen molar-refractivity contribution in [2.24, 2.45) is 5.92 Å². The van der Waals surface area contributed by atoms with Gasteiger partial charge in [-0.05, 0) is 30.9 Å². The number of rotatable bonds is 4. The Morgan fingerprint density at radius 2 is 1.86 bits per heavy atom. The van der Waals surface area contributed by atoms with Crippen molar-refractivity contribution in [1.29, 1.82) is 0 Å². The quantitative estimate of drug-likeness (QED) is 0.553. The van der Waals surface area contributed by atoms with Gasteiger partial charge in [0.25, 0.3) is 0 Å². The highest BCUT2D eigenvalue weighted by Gasteiger charge is 2.43. The van der Waals surface area contributed by atoms with E-state index in [2.05, 4.69) is 15.4 Å². The monoisotopic (exact) mass is 496 g/mol. The number of pyridine rings is 1. The van der Waals surface area contributed by atoms with Crippen molar-refractivity contribution in [2.75, 3.05) is 16.8 Å². The molecule has 1 saturated carbocycles. The van der Waals surface area contributed by atoms with Crippen LogP contribution in [0.1, 0.15) is 36.6 Å². The first kappa shape index (κ1) is 22.6. The summed E-state index contributed by atoms with van der Waals surface area (Å²) in [7, 11) is 0. The zero-order valence-corrected chi connectivity index (χ0v) is 19.2. The number of nitrogens with one attached hydrogen (secondary N) is 1. The van der Waals surface area contributed by atoms with Crippen LogP contribution in [0.5, 0.6) is 0 Å². The van der Waals surface area contributed by atoms with E-state index in [1.807, 2.05) is 22.9 Å². The molecule has 1 saturated heterocycles. The smallest absolute Gasteiger partial charge is 0.313 e. The minimum Gasteiger partial charge on any atom is -0.313 e. The van der Waals surface area contributed by atoms with E-state index in [1.54, 1.807) is 22.2 Å². The second-order valence-electron chi connectivity index (χ2n) is 9.54. The third-order valence-corrected chi connectivity index (χ3v) is 7.19. The van der Waals surface area contributed by atoms with Crippen molar-refractivity contribution in [2.45, 2.75) is 44.3 Å². The van der Waals surface area contributed by atoms with Crippen LogP contribution in [0, 0.1) is 23.4 Å². The normalized spacial score (nSPS) is 21.6. The molecule has 4 heterocycles. The molecule has 8 nitrogen and oxygen atoms in total. The molecule has 186 valence electrons. The van der Waals surface area contributed by atoms with Crippen LogP contribution < -0.4 is 10.2 Å². The first-order valence-corrected chi connectivity index (χ1v) is 11.9. The molecule has 1 aliphatic carbocycles. The lowest BCUT2D eigenvalue weighted by molar-refractivity contribution is -0.117. The van der Waals surface area contributed by atoms with Crippen LogP contribution in [0.3, 0.4) is 0 Å². The Morgan fingerprint density at radius 1 is 1.08 bits per heavy atom. The Kier molecular flexibility index (Phi) is 5.42. The van der Waals surface area contributed by atoms with Gasteiger partial charge in [0, 0.05) is 48.6 Å². The molecular weight excluding hydrogens is 473 g/mol. The predicted molar refractivity (Wildman–Crippen MR) is 124 cm³/mol. The molecular formula is C25H23F3N6O2. The van der Waals surface area contributed by atoms with Gasteiger partial charge in [-0.15, -0.1) is 0 Å². The number of halogens is 3. The second-order valence-corrected chi connectivity index (χ2v) is 9.54. The van der Waals surface area contributed by atoms with E-state index in [0.29, 0.717) is 36.8 Å². The SMILES string of the molecule is O=C1CC(c2ccccn2)CN1c1cnn2c1CN(C(=O)Nc1cc(F)c(F)c(F)c1)C(C1CC1)C2. The number of amides is 3. The molecule has 6 rings (SSSR count). The molecule has 2 aromatic heterocycles. The fraction of sp³-hybridized carbons (Fsp3) is 0.360. The van der Waals surface area contributed by atoms with E-state index >= 15 is 0 Å². The van der Waals surface area contributed by atoms with E-state index in [9.17, 15) is 22.8 Å². The number of urea groups is 1. The summed E-state index contributed by atoms with van der Waals surface area (Å²) < 4.78 is 42.6. The van der Waals surface area contributed by atoms with Crippen LogP contribution in [0.2, 0.25) is 0 Å². The second kappa shape index (κ2) is 8.65. The molecule has 2 unspecified atom stereocenters. The number of carbonyl (C=O) groups is 2. The summed E-state index contributed by atoms with van der Waals surface area (Å²) in [4.78, 5) is 33.9. The Bertz CT molecular complexity index is 1320. The highest BCUT2D eigenvalue weighted by molar-refractivity contribution is 5.97. The number of fused-ring (bicyclic) bond motifs is 1. The van der Waals surface area contributed by atoms with Gasteiger partial charge in [-0.25, -0.2) is 18.0 Å². The third-order valence-electron chi connectivity index (χ3n) is 7.19. The average molecular weight is 496 g/mol. The molecule has 1 aromatic carbocycles. The van der Waals surface area contributed by atoms with E-state index in [4.69, 9.17) is 0 Å². The number of anilines is 2. The minimum absolute atomic E-state index is 0.0419. The molecule has 36 heavy (non-hydrogen) atoms. The summed E-state index contributed by atoms with van der Waals surface area (Å²) in [6.07, 6.45) is 5.63. The minimum atomic E-state index is -1.59. The molecule has 0 radical (unpaired) electrons. The number of benzene rings is 1. The zero-order chi connectivity index (χ0) is 25.0. The maximum atomic E-state index is 13.7. The lowest BCUT2D eigenvalue weighted by Crippen LogP contribution is -2.49. The highest BCUT2D eigenvalue weighted by atomic mass is 19.2. The van der Waals surface area contributed by atoms with Gasteiger partial charge in [-0.1, -0.05) is 6.07 Å². The third kappa shape index (κ3) is 3.98. The molecule has 3 aliphatic rings. The maximum Gasteiger partial charge on any atom is 0.322 e. The molecule has 1 N–H and O–H groups in total. The summed E-state index contributed by atoms with van der Waals surface area (Å²) in [5.74, 6) is -4.13. The lowest BCUT2D eigenvalue weighted by atomic mass is 10.0. The molecule has 11 heteroatoms. The van der Waals surface area contributed by atoms with Gasteiger partial charge in [0.1, 0.15) is 0 Å². The summed E-state index contributed by atoms with van der Waals surface area (Å²) in [6, 6.07) is 6.43. The Morgan fingerprint density at radius 3 is 2.56 bits per heavy atom. The molecule has 2 fully saturated rings. The molecule has 2 aliphatic heterocycles. The van der Waals surface area contributed by atoms with E-state index in [1.165, 1.54) is 0 Å². The number of nitrogens with zero attached hydrogens (tertiary/aromatic N) is 5. The largest absolute Gasteiger partial charge is 0.322 e. The van der Waals surface area contributed by atoms with Crippen molar-refractivity contribution in [3.63, 3.8) is 0 Å².